The number of carbonyl (C=O) groups is 1. The topological polar surface area (TPSA) is 55.1 Å². The van der Waals surface area contributed by atoms with Crippen molar-refractivity contribution in [2.75, 3.05) is 0 Å². The van der Waals surface area contributed by atoms with Gasteiger partial charge in [-0.15, -0.1) is 0 Å². The van der Waals surface area contributed by atoms with Crippen LogP contribution in [0.4, 0.5) is 8.78 Å². The van der Waals surface area contributed by atoms with Crippen LogP contribution < -0.4 is 0 Å². The van der Waals surface area contributed by atoms with Crippen LogP contribution >= 0.6 is 11.6 Å². The van der Waals surface area contributed by atoms with Crippen molar-refractivity contribution in [1.29, 1.82) is 0 Å². The Hall–Kier alpha value is -1.17. The fraction of sp³-hybridized carbons (Fsp3) is 0.500. The molecule has 84 valence electrons. The first-order chi connectivity index (χ1) is 6.86. The van der Waals surface area contributed by atoms with E-state index in [4.69, 9.17) is 16.7 Å². The molecule has 4 nitrogen and oxygen atoms in total. The Morgan fingerprint density at radius 2 is 2.13 bits per heavy atom. The maximum atomic E-state index is 12.4. The monoisotopic (exact) mass is 238 g/mol. The molecule has 0 fully saturated rings. The van der Waals surface area contributed by atoms with Gasteiger partial charge in [-0.05, 0) is 13.8 Å². The fourth-order valence-electron chi connectivity index (χ4n) is 1.14. The van der Waals surface area contributed by atoms with Crippen molar-refractivity contribution in [3.8, 4) is 0 Å². The predicted molar refractivity (Wildman–Crippen MR) is 49.3 cm³/mol. The van der Waals surface area contributed by atoms with Gasteiger partial charge in [0.1, 0.15) is 11.7 Å². The molecule has 0 saturated carbocycles. The van der Waals surface area contributed by atoms with Gasteiger partial charge in [0.05, 0.1) is 10.7 Å². The van der Waals surface area contributed by atoms with Crippen molar-refractivity contribution in [3.63, 3.8) is 0 Å². The van der Waals surface area contributed by atoms with Gasteiger partial charge < -0.3 is 5.11 Å². The van der Waals surface area contributed by atoms with E-state index in [2.05, 4.69) is 5.10 Å². The molecule has 1 aromatic rings. The lowest BCUT2D eigenvalue weighted by Crippen LogP contribution is -2.18. The standard InChI is InChI=1S/C8H9ClF2N2O2/c1-3-5(9)6(7(10)11)12-13(3)4(2)8(14)15/h4,7H,1-2H3,(H,14,15)/t4-/m0/s1. The summed E-state index contributed by atoms with van der Waals surface area (Å²) in [4.78, 5) is 10.7. The van der Waals surface area contributed by atoms with E-state index in [1.54, 1.807) is 0 Å². The number of halogens is 3. The summed E-state index contributed by atoms with van der Waals surface area (Å²) < 4.78 is 25.7. The number of aromatic nitrogens is 2. The maximum absolute atomic E-state index is 12.4. The van der Waals surface area contributed by atoms with E-state index < -0.39 is 24.1 Å². The summed E-state index contributed by atoms with van der Waals surface area (Å²) in [5.74, 6) is -1.15. The highest BCUT2D eigenvalue weighted by atomic mass is 35.5. The second kappa shape index (κ2) is 4.14. The number of hydrogen-bond donors (Lipinski definition) is 1. The molecule has 0 spiro atoms. The lowest BCUT2D eigenvalue weighted by molar-refractivity contribution is -0.140. The highest BCUT2D eigenvalue weighted by molar-refractivity contribution is 6.31. The van der Waals surface area contributed by atoms with Gasteiger partial charge in [0, 0.05) is 0 Å². The Balaban J connectivity index is 3.21. The summed E-state index contributed by atoms with van der Waals surface area (Å²) in [6.07, 6.45) is -2.81. The molecule has 0 aliphatic carbocycles. The average Bonchev–Trinajstić information content (AvgIpc) is 2.43. The third-order valence-electron chi connectivity index (χ3n) is 2.03. The van der Waals surface area contributed by atoms with Gasteiger partial charge in [-0.2, -0.15) is 5.10 Å². The Bertz CT molecular complexity index is 392. The number of carboxylic acids is 1. The molecule has 7 heteroatoms. The molecule has 0 aliphatic heterocycles. The van der Waals surface area contributed by atoms with Crippen LogP contribution in [0, 0.1) is 6.92 Å². The molecule has 1 rings (SSSR count). The normalized spacial score (nSPS) is 13.2. The molecule has 0 unspecified atom stereocenters. The summed E-state index contributed by atoms with van der Waals surface area (Å²) in [7, 11) is 0. The smallest absolute Gasteiger partial charge is 0.328 e. The second-order valence-electron chi connectivity index (χ2n) is 3.04. The molecule has 0 radical (unpaired) electrons. The van der Waals surface area contributed by atoms with Crippen molar-refractivity contribution in [2.24, 2.45) is 0 Å². The second-order valence-corrected chi connectivity index (χ2v) is 3.42. The first kappa shape index (κ1) is 11.9. The van der Waals surface area contributed by atoms with E-state index in [9.17, 15) is 13.6 Å². The van der Waals surface area contributed by atoms with Crippen molar-refractivity contribution >= 4 is 17.6 Å². The third kappa shape index (κ3) is 2.09. The molecule has 15 heavy (non-hydrogen) atoms. The van der Waals surface area contributed by atoms with Crippen LogP contribution in [0.15, 0.2) is 0 Å². The number of alkyl halides is 2. The number of hydrogen-bond acceptors (Lipinski definition) is 2. The Morgan fingerprint density at radius 3 is 2.47 bits per heavy atom. The minimum Gasteiger partial charge on any atom is -0.480 e. The minimum atomic E-state index is -2.81. The van der Waals surface area contributed by atoms with Gasteiger partial charge in [-0.25, -0.2) is 13.6 Å². The molecule has 0 amide bonds. The largest absolute Gasteiger partial charge is 0.480 e. The van der Waals surface area contributed by atoms with Crippen molar-refractivity contribution < 1.29 is 18.7 Å². The Morgan fingerprint density at radius 1 is 1.60 bits per heavy atom. The SMILES string of the molecule is Cc1c(Cl)c(C(F)F)nn1[C@@H](C)C(=O)O. The van der Waals surface area contributed by atoms with Crippen LogP contribution in [0.5, 0.6) is 0 Å². The number of rotatable bonds is 3. The first-order valence-corrected chi connectivity index (χ1v) is 4.49. The summed E-state index contributed by atoms with van der Waals surface area (Å²) >= 11 is 5.60. The number of aliphatic carboxylic acids is 1. The van der Waals surface area contributed by atoms with Crippen molar-refractivity contribution in [2.45, 2.75) is 26.3 Å². The fourth-order valence-corrected chi connectivity index (χ4v) is 1.35. The molecule has 0 aromatic carbocycles. The van der Waals surface area contributed by atoms with Crippen molar-refractivity contribution in [1.82, 2.24) is 9.78 Å². The van der Waals surface area contributed by atoms with Gasteiger partial charge in [-0.1, -0.05) is 11.6 Å². The van der Waals surface area contributed by atoms with E-state index >= 15 is 0 Å². The highest BCUT2D eigenvalue weighted by Crippen LogP contribution is 2.30. The minimum absolute atomic E-state index is 0.182. The molecule has 1 atom stereocenters. The molecule has 0 bridgehead atoms. The van der Waals surface area contributed by atoms with Crippen LogP contribution in [-0.2, 0) is 4.79 Å². The van der Waals surface area contributed by atoms with E-state index in [1.165, 1.54) is 13.8 Å². The highest BCUT2D eigenvalue weighted by Gasteiger charge is 2.25. The quantitative estimate of drug-likeness (QED) is 0.880. The van der Waals surface area contributed by atoms with E-state index in [1.807, 2.05) is 0 Å². The first-order valence-electron chi connectivity index (χ1n) is 4.11. The van der Waals surface area contributed by atoms with Gasteiger partial charge in [0.2, 0.25) is 0 Å². The van der Waals surface area contributed by atoms with Crippen LogP contribution in [0.25, 0.3) is 0 Å². The average molecular weight is 239 g/mol. The van der Waals surface area contributed by atoms with Crippen LogP contribution in [0.3, 0.4) is 0 Å². The Kier molecular flexibility index (Phi) is 3.28. The molecule has 1 N–H and O–H groups in total. The van der Waals surface area contributed by atoms with Gasteiger partial charge >= 0.3 is 5.97 Å². The summed E-state index contributed by atoms with van der Waals surface area (Å²) in [5.41, 5.74) is -0.357. The van der Waals surface area contributed by atoms with Crippen LogP contribution in [0.1, 0.15) is 30.8 Å². The third-order valence-corrected chi connectivity index (χ3v) is 2.50. The summed E-state index contributed by atoms with van der Waals surface area (Å²) in [6, 6.07) is -1.02. The molecular formula is C8H9ClF2N2O2. The molecule has 1 heterocycles. The molecule has 1 aromatic heterocycles. The van der Waals surface area contributed by atoms with Gasteiger partial charge in [-0.3, -0.25) is 4.68 Å². The zero-order valence-electron chi connectivity index (χ0n) is 8.04. The molecule has 0 aliphatic rings. The van der Waals surface area contributed by atoms with Gasteiger partial charge in [0.25, 0.3) is 6.43 Å². The van der Waals surface area contributed by atoms with E-state index in [0.29, 0.717) is 0 Å². The maximum Gasteiger partial charge on any atom is 0.328 e. The Labute approximate surface area is 89.5 Å². The van der Waals surface area contributed by atoms with Gasteiger partial charge in [0.15, 0.2) is 0 Å². The molecule has 0 saturated heterocycles. The summed E-state index contributed by atoms with van der Waals surface area (Å²) in [6.45, 7) is 2.79. The van der Waals surface area contributed by atoms with E-state index in [-0.39, 0.29) is 10.7 Å². The predicted octanol–water partition coefficient (Wildman–Crippen LogP) is 2.43. The van der Waals surface area contributed by atoms with Crippen LogP contribution in [0.2, 0.25) is 5.02 Å². The van der Waals surface area contributed by atoms with Crippen LogP contribution in [-0.4, -0.2) is 20.9 Å². The lowest BCUT2D eigenvalue weighted by Gasteiger charge is -2.08. The van der Waals surface area contributed by atoms with E-state index in [0.717, 1.165) is 4.68 Å². The lowest BCUT2D eigenvalue weighted by atomic mass is 10.3. The zero-order chi connectivity index (χ0) is 11.7. The number of carboxylic acid groups (broad SMARTS) is 1. The summed E-state index contributed by atoms with van der Waals surface area (Å²) in [5, 5.41) is 12.0. The number of nitrogens with zero attached hydrogens (tertiary/aromatic N) is 2. The zero-order valence-corrected chi connectivity index (χ0v) is 8.79. The van der Waals surface area contributed by atoms with Crippen molar-refractivity contribution in [3.05, 3.63) is 16.4 Å². The molecular weight excluding hydrogens is 230 g/mol.